The van der Waals surface area contributed by atoms with Gasteiger partial charge in [0, 0.05) is 18.9 Å². The van der Waals surface area contributed by atoms with Gasteiger partial charge in [0.2, 0.25) is 0 Å². The Kier molecular flexibility index (Phi) is 3.44. The highest BCUT2D eigenvalue weighted by atomic mass is 35.5. The fourth-order valence-corrected chi connectivity index (χ4v) is 2.12. The van der Waals surface area contributed by atoms with Gasteiger partial charge in [-0.3, -0.25) is 0 Å². The molecule has 1 aromatic carbocycles. The number of rotatable bonds is 2. The third-order valence-electron chi connectivity index (χ3n) is 2.82. The molecule has 0 bridgehead atoms. The second kappa shape index (κ2) is 4.73. The fraction of sp³-hybridized carbons (Fsp3) is 0.357. The molecule has 0 aliphatic carbocycles. The van der Waals surface area contributed by atoms with E-state index in [1.165, 1.54) is 0 Å². The minimum Gasteiger partial charge on any atom is -0.333 e. The standard InChI is InChI=1S/C14H16ClFN2/c1-14(2,3)11-6-10(7-12(15)13(11)16)8-18-5-4-17-9-18/h4-7,9H,8H2,1-3H3. The van der Waals surface area contributed by atoms with Gasteiger partial charge in [-0.25, -0.2) is 9.37 Å². The molecule has 0 aliphatic rings. The van der Waals surface area contributed by atoms with Gasteiger partial charge in [-0.15, -0.1) is 0 Å². The van der Waals surface area contributed by atoms with E-state index in [2.05, 4.69) is 4.98 Å². The minimum atomic E-state index is -0.321. The van der Waals surface area contributed by atoms with E-state index in [0.29, 0.717) is 12.1 Å². The summed E-state index contributed by atoms with van der Waals surface area (Å²) >= 11 is 5.97. The van der Waals surface area contributed by atoms with Crippen molar-refractivity contribution in [2.75, 3.05) is 0 Å². The molecule has 0 saturated carbocycles. The lowest BCUT2D eigenvalue weighted by molar-refractivity contribution is 0.521. The molecular weight excluding hydrogens is 251 g/mol. The summed E-state index contributed by atoms with van der Waals surface area (Å²) in [6.45, 7) is 6.57. The fourth-order valence-electron chi connectivity index (χ4n) is 1.87. The first-order valence-corrected chi connectivity index (χ1v) is 6.20. The maximum absolute atomic E-state index is 14.0. The number of aromatic nitrogens is 2. The van der Waals surface area contributed by atoms with Crippen molar-refractivity contribution in [2.45, 2.75) is 32.7 Å². The number of hydrogen-bond acceptors (Lipinski definition) is 1. The molecule has 0 atom stereocenters. The van der Waals surface area contributed by atoms with Crippen LogP contribution in [-0.2, 0) is 12.0 Å². The predicted molar refractivity (Wildman–Crippen MR) is 71.4 cm³/mol. The minimum absolute atomic E-state index is 0.178. The largest absolute Gasteiger partial charge is 0.333 e. The third-order valence-corrected chi connectivity index (χ3v) is 3.10. The Morgan fingerprint density at radius 2 is 2.06 bits per heavy atom. The Labute approximate surface area is 111 Å². The van der Waals surface area contributed by atoms with Crippen molar-refractivity contribution in [3.8, 4) is 0 Å². The van der Waals surface area contributed by atoms with Gasteiger partial charge in [-0.1, -0.05) is 38.4 Å². The van der Waals surface area contributed by atoms with Crippen LogP contribution in [0.3, 0.4) is 0 Å². The van der Waals surface area contributed by atoms with Gasteiger partial charge in [0.15, 0.2) is 0 Å². The van der Waals surface area contributed by atoms with Crippen LogP contribution in [0.5, 0.6) is 0 Å². The lowest BCUT2D eigenvalue weighted by Gasteiger charge is -2.21. The van der Waals surface area contributed by atoms with E-state index < -0.39 is 0 Å². The predicted octanol–water partition coefficient (Wildman–Crippen LogP) is 4.02. The highest BCUT2D eigenvalue weighted by Crippen LogP contribution is 2.30. The van der Waals surface area contributed by atoms with Crippen molar-refractivity contribution >= 4 is 11.6 Å². The van der Waals surface area contributed by atoms with Crippen molar-refractivity contribution in [3.63, 3.8) is 0 Å². The first-order valence-electron chi connectivity index (χ1n) is 5.82. The molecule has 1 aromatic heterocycles. The molecule has 1 heterocycles. The Morgan fingerprint density at radius 1 is 1.33 bits per heavy atom. The quantitative estimate of drug-likeness (QED) is 0.803. The third kappa shape index (κ3) is 2.72. The molecule has 0 spiro atoms. The van der Waals surface area contributed by atoms with E-state index in [4.69, 9.17) is 11.6 Å². The summed E-state index contributed by atoms with van der Waals surface area (Å²) in [6.07, 6.45) is 5.32. The molecule has 18 heavy (non-hydrogen) atoms. The van der Waals surface area contributed by atoms with Gasteiger partial charge >= 0.3 is 0 Å². The Hall–Kier alpha value is -1.35. The summed E-state index contributed by atoms with van der Waals surface area (Å²) in [4.78, 5) is 3.99. The van der Waals surface area contributed by atoms with E-state index in [1.54, 1.807) is 18.6 Å². The van der Waals surface area contributed by atoms with Crippen LogP contribution in [0.1, 0.15) is 31.9 Å². The molecule has 0 radical (unpaired) electrons. The molecule has 0 N–H and O–H groups in total. The van der Waals surface area contributed by atoms with E-state index in [-0.39, 0.29) is 16.3 Å². The number of nitrogens with zero attached hydrogens (tertiary/aromatic N) is 2. The zero-order valence-electron chi connectivity index (χ0n) is 10.7. The van der Waals surface area contributed by atoms with Crippen molar-refractivity contribution in [1.29, 1.82) is 0 Å². The normalized spacial score (nSPS) is 11.8. The zero-order chi connectivity index (χ0) is 13.3. The van der Waals surface area contributed by atoms with Crippen LogP contribution in [0.15, 0.2) is 30.9 Å². The summed E-state index contributed by atoms with van der Waals surface area (Å²) < 4.78 is 15.9. The first-order chi connectivity index (χ1) is 8.38. The van der Waals surface area contributed by atoms with Gasteiger partial charge in [0.1, 0.15) is 5.82 Å². The number of benzene rings is 1. The highest BCUT2D eigenvalue weighted by Gasteiger charge is 2.21. The molecule has 2 rings (SSSR count). The Balaban J connectivity index is 2.41. The summed E-state index contributed by atoms with van der Waals surface area (Å²) in [5, 5.41) is 0.178. The number of hydrogen-bond donors (Lipinski definition) is 0. The molecule has 0 saturated heterocycles. The second-order valence-electron chi connectivity index (χ2n) is 5.42. The summed E-state index contributed by atoms with van der Waals surface area (Å²) in [7, 11) is 0. The van der Waals surface area contributed by atoms with Crippen LogP contribution in [0.25, 0.3) is 0 Å². The van der Waals surface area contributed by atoms with Gasteiger partial charge in [-0.2, -0.15) is 0 Å². The molecule has 2 aromatic rings. The van der Waals surface area contributed by atoms with Gasteiger partial charge in [0.05, 0.1) is 11.3 Å². The summed E-state index contributed by atoms with van der Waals surface area (Å²) in [5.74, 6) is -0.321. The molecule has 0 fully saturated rings. The maximum atomic E-state index is 14.0. The molecule has 0 amide bonds. The number of imidazole rings is 1. The molecule has 0 aliphatic heterocycles. The van der Waals surface area contributed by atoms with Crippen molar-refractivity contribution in [3.05, 3.63) is 52.8 Å². The first kappa shape index (κ1) is 13.1. The summed E-state index contributed by atoms with van der Waals surface area (Å²) in [6, 6.07) is 3.55. The topological polar surface area (TPSA) is 17.8 Å². The van der Waals surface area contributed by atoms with Crippen LogP contribution in [0.4, 0.5) is 4.39 Å². The van der Waals surface area contributed by atoms with E-state index >= 15 is 0 Å². The Morgan fingerprint density at radius 3 is 2.61 bits per heavy atom. The lowest BCUT2D eigenvalue weighted by Crippen LogP contribution is -2.15. The monoisotopic (exact) mass is 266 g/mol. The van der Waals surface area contributed by atoms with Crippen molar-refractivity contribution in [1.82, 2.24) is 9.55 Å². The average molecular weight is 267 g/mol. The molecular formula is C14H16ClFN2. The van der Waals surface area contributed by atoms with Crippen molar-refractivity contribution < 1.29 is 4.39 Å². The van der Waals surface area contributed by atoms with Crippen LogP contribution in [0.2, 0.25) is 5.02 Å². The SMILES string of the molecule is CC(C)(C)c1cc(Cn2ccnc2)cc(Cl)c1F. The molecule has 0 unspecified atom stereocenters. The van der Waals surface area contributed by atoms with Crippen LogP contribution < -0.4 is 0 Å². The van der Waals surface area contributed by atoms with Gasteiger partial charge < -0.3 is 4.57 Å². The van der Waals surface area contributed by atoms with Crippen LogP contribution in [0, 0.1) is 5.82 Å². The van der Waals surface area contributed by atoms with E-state index in [1.807, 2.05) is 37.6 Å². The van der Waals surface area contributed by atoms with Crippen molar-refractivity contribution in [2.24, 2.45) is 0 Å². The second-order valence-corrected chi connectivity index (χ2v) is 5.83. The summed E-state index contributed by atoms with van der Waals surface area (Å²) in [5.41, 5.74) is 1.35. The van der Waals surface area contributed by atoms with Gasteiger partial charge in [-0.05, 0) is 22.6 Å². The van der Waals surface area contributed by atoms with Crippen LogP contribution >= 0.6 is 11.6 Å². The molecule has 96 valence electrons. The lowest BCUT2D eigenvalue weighted by atomic mass is 9.85. The zero-order valence-corrected chi connectivity index (χ0v) is 11.5. The molecule has 2 nitrogen and oxygen atoms in total. The van der Waals surface area contributed by atoms with Gasteiger partial charge in [0.25, 0.3) is 0 Å². The number of halogens is 2. The average Bonchev–Trinajstić information content (AvgIpc) is 2.74. The maximum Gasteiger partial charge on any atom is 0.145 e. The van der Waals surface area contributed by atoms with E-state index in [9.17, 15) is 4.39 Å². The van der Waals surface area contributed by atoms with E-state index in [0.717, 1.165) is 5.56 Å². The van der Waals surface area contributed by atoms with Crippen LogP contribution in [-0.4, -0.2) is 9.55 Å². The molecule has 4 heteroatoms. The smallest absolute Gasteiger partial charge is 0.145 e. The highest BCUT2D eigenvalue weighted by molar-refractivity contribution is 6.30. The Bertz CT molecular complexity index is 542.